The van der Waals surface area contributed by atoms with E-state index in [1.54, 1.807) is 32.0 Å². The molecule has 0 heterocycles. The number of nitrogens with one attached hydrogen (secondary N) is 2. The van der Waals surface area contributed by atoms with Crippen molar-refractivity contribution in [3.05, 3.63) is 68.7 Å². The third kappa shape index (κ3) is 5.61. The van der Waals surface area contributed by atoms with Crippen molar-refractivity contribution in [1.82, 2.24) is 5.43 Å². The molecule has 2 amide bonds. The van der Waals surface area contributed by atoms with E-state index in [4.69, 9.17) is 11.6 Å². The number of halogens is 1. The Labute approximate surface area is 160 Å². The number of rotatable bonds is 6. The number of hydrogen-bond donors (Lipinski definition) is 2. The van der Waals surface area contributed by atoms with Gasteiger partial charge in [-0.1, -0.05) is 23.7 Å². The average molecular weight is 389 g/mol. The first-order chi connectivity index (χ1) is 12.8. The molecule has 0 aromatic heterocycles. The lowest BCUT2D eigenvalue weighted by Crippen LogP contribution is -2.21. The van der Waals surface area contributed by atoms with Crippen LogP contribution in [-0.2, 0) is 4.79 Å². The summed E-state index contributed by atoms with van der Waals surface area (Å²) in [5.41, 5.74) is 3.90. The number of nitrogens with zero attached hydrogens (tertiary/aromatic N) is 2. The van der Waals surface area contributed by atoms with Crippen molar-refractivity contribution in [2.45, 2.75) is 20.3 Å². The van der Waals surface area contributed by atoms with Crippen LogP contribution in [0.1, 0.15) is 29.3 Å². The lowest BCUT2D eigenvalue weighted by atomic mass is 10.2. The molecule has 2 N–H and O–H groups in total. The smallest absolute Gasteiger partial charge is 0.271 e. The van der Waals surface area contributed by atoms with E-state index in [0.717, 1.165) is 11.6 Å². The Balaban J connectivity index is 1.96. The summed E-state index contributed by atoms with van der Waals surface area (Å²) in [5, 5.41) is 17.9. The van der Waals surface area contributed by atoms with Crippen molar-refractivity contribution in [2.75, 3.05) is 5.32 Å². The number of nitro groups is 1. The molecule has 0 aliphatic rings. The number of amides is 2. The van der Waals surface area contributed by atoms with Gasteiger partial charge in [-0.2, -0.15) is 5.10 Å². The zero-order valence-electron chi connectivity index (χ0n) is 14.7. The minimum absolute atomic E-state index is 0.0405. The molecule has 0 atom stereocenters. The summed E-state index contributed by atoms with van der Waals surface area (Å²) in [6, 6.07) is 10.5. The molecule has 0 aliphatic heterocycles. The van der Waals surface area contributed by atoms with Crippen LogP contribution in [0.15, 0.2) is 47.6 Å². The fourth-order valence-corrected chi connectivity index (χ4v) is 2.36. The van der Waals surface area contributed by atoms with Gasteiger partial charge >= 0.3 is 0 Å². The van der Waals surface area contributed by atoms with Crippen LogP contribution in [0.25, 0.3) is 0 Å². The van der Waals surface area contributed by atoms with Crippen molar-refractivity contribution >= 4 is 40.5 Å². The van der Waals surface area contributed by atoms with Crippen molar-refractivity contribution in [2.24, 2.45) is 5.10 Å². The van der Waals surface area contributed by atoms with E-state index in [-0.39, 0.29) is 23.6 Å². The van der Waals surface area contributed by atoms with Crippen molar-refractivity contribution in [1.29, 1.82) is 0 Å². The molecule has 0 saturated carbocycles. The van der Waals surface area contributed by atoms with E-state index < -0.39 is 10.8 Å². The molecular formula is C18H17ClN4O4. The molecule has 9 heteroatoms. The SMILES string of the molecule is CC(CC(=O)Nc1cccc(Cl)c1C)=NNC(=O)c1cccc([N+](=O)[O-])c1. The van der Waals surface area contributed by atoms with Gasteiger partial charge in [0, 0.05) is 34.1 Å². The maximum Gasteiger partial charge on any atom is 0.271 e. The number of non-ortho nitro benzene ring substituents is 1. The summed E-state index contributed by atoms with van der Waals surface area (Å²) in [7, 11) is 0. The molecule has 0 saturated heterocycles. The molecule has 0 bridgehead atoms. The second kappa shape index (κ2) is 8.91. The third-order valence-corrected chi connectivity index (χ3v) is 4.04. The second-order valence-electron chi connectivity index (χ2n) is 5.73. The number of anilines is 1. The predicted octanol–water partition coefficient (Wildman–Crippen LogP) is 3.69. The van der Waals surface area contributed by atoms with Gasteiger partial charge in [0.25, 0.3) is 11.6 Å². The maximum absolute atomic E-state index is 12.1. The minimum atomic E-state index is -0.607. The van der Waals surface area contributed by atoms with Crippen LogP contribution in [-0.4, -0.2) is 22.4 Å². The Hall–Kier alpha value is -3.26. The molecule has 0 spiro atoms. The van der Waals surface area contributed by atoms with Crippen molar-refractivity contribution < 1.29 is 14.5 Å². The van der Waals surface area contributed by atoms with E-state index >= 15 is 0 Å². The van der Waals surface area contributed by atoms with Gasteiger partial charge < -0.3 is 5.32 Å². The zero-order chi connectivity index (χ0) is 20.0. The molecule has 140 valence electrons. The Morgan fingerprint density at radius 2 is 1.93 bits per heavy atom. The number of hydrogen-bond acceptors (Lipinski definition) is 5. The third-order valence-electron chi connectivity index (χ3n) is 3.63. The van der Waals surface area contributed by atoms with Crippen molar-refractivity contribution in [3.63, 3.8) is 0 Å². The Morgan fingerprint density at radius 1 is 1.22 bits per heavy atom. The van der Waals surface area contributed by atoms with Gasteiger partial charge in [0.05, 0.1) is 11.3 Å². The largest absolute Gasteiger partial charge is 0.325 e. The van der Waals surface area contributed by atoms with Gasteiger partial charge in [-0.3, -0.25) is 19.7 Å². The number of benzene rings is 2. The van der Waals surface area contributed by atoms with Gasteiger partial charge in [-0.05, 0) is 37.6 Å². The summed E-state index contributed by atoms with van der Waals surface area (Å²) in [6.45, 7) is 3.37. The molecule has 8 nitrogen and oxygen atoms in total. The summed E-state index contributed by atoms with van der Waals surface area (Å²) < 4.78 is 0. The van der Waals surface area contributed by atoms with Crippen LogP contribution in [0.4, 0.5) is 11.4 Å². The second-order valence-corrected chi connectivity index (χ2v) is 6.14. The van der Waals surface area contributed by atoms with E-state index in [1.807, 2.05) is 0 Å². The summed E-state index contributed by atoms with van der Waals surface area (Å²) in [5.74, 6) is -0.921. The summed E-state index contributed by atoms with van der Waals surface area (Å²) >= 11 is 6.01. The molecular weight excluding hydrogens is 372 g/mol. The minimum Gasteiger partial charge on any atom is -0.325 e. The topological polar surface area (TPSA) is 114 Å². The molecule has 2 rings (SSSR count). The molecule has 27 heavy (non-hydrogen) atoms. The van der Waals surface area contributed by atoms with Gasteiger partial charge in [0.2, 0.25) is 5.91 Å². The predicted molar refractivity (Wildman–Crippen MR) is 103 cm³/mol. The molecule has 2 aromatic carbocycles. The van der Waals surface area contributed by atoms with Crippen LogP contribution >= 0.6 is 11.6 Å². The maximum atomic E-state index is 12.1. The number of nitro benzene ring substituents is 1. The van der Waals surface area contributed by atoms with E-state index in [2.05, 4.69) is 15.8 Å². The number of carbonyl (C=O) groups is 2. The van der Waals surface area contributed by atoms with Gasteiger partial charge in [-0.15, -0.1) is 0 Å². The number of carbonyl (C=O) groups excluding carboxylic acids is 2. The van der Waals surface area contributed by atoms with Crippen molar-refractivity contribution in [3.8, 4) is 0 Å². The zero-order valence-corrected chi connectivity index (χ0v) is 15.4. The normalized spacial score (nSPS) is 11.0. The first kappa shape index (κ1) is 20.1. The van der Waals surface area contributed by atoms with Crippen LogP contribution in [0, 0.1) is 17.0 Å². The van der Waals surface area contributed by atoms with Crippen LogP contribution in [0.2, 0.25) is 5.02 Å². The van der Waals surface area contributed by atoms with E-state index in [1.165, 1.54) is 18.2 Å². The Bertz CT molecular complexity index is 927. The fraction of sp³-hybridized carbons (Fsp3) is 0.167. The molecule has 0 fully saturated rings. The van der Waals surface area contributed by atoms with Crippen LogP contribution in [0.5, 0.6) is 0 Å². The molecule has 0 unspecified atom stereocenters. The highest BCUT2D eigenvalue weighted by Gasteiger charge is 2.12. The first-order valence-corrected chi connectivity index (χ1v) is 8.28. The molecule has 2 aromatic rings. The first-order valence-electron chi connectivity index (χ1n) is 7.91. The quantitative estimate of drug-likeness (QED) is 0.446. The molecule has 0 radical (unpaired) electrons. The highest BCUT2D eigenvalue weighted by molar-refractivity contribution is 6.31. The van der Waals surface area contributed by atoms with Gasteiger partial charge in [0.15, 0.2) is 0 Å². The highest BCUT2D eigenvalue weighted by atomic mass is 35.5. The average Bonchev–Trinajstić information content (AvgIpc) is 2.63. The lowest BCUT2D eigenvalue weighted by Gasteiger charge is -2.09. The molecule has 0 aliphatic carbocycles. The fourth-order valence-electron chi connectivity index (χ4n) is 2.18. The highest BCUT2D eigenvalue weighted by Crippen LogP contribution is 2.23. The summed E-state index contributed by atoms with van der Waals surface area (Å²) in [6.07, 6.45) is -0.0405. The van der Waals surface area contributed by atoms with Crippen LogP contribution < -0.4 is 10.7 Å². The Morgan fingerprint density at radius 3 is 2.63 bits per heavy atom. The summed E-state index contributed by atoms with van der Waals surface area (Å²) in [4.78, 5) is 34.3. The lowest BCUT2D eigenvalue weighted by molar-refractivity contribution is -0.384. The Kier molecular flexibility index (Phi) is 6.62. The van der Waals surface area contributed by atoms with Gasteiger partial charge in [-0.25, -0.2) is 5.43 Å². The van der Waals surface area contributed by atoms with Gasteiger partial charge in [0.1, 0.15) is 0 Å². The van der Waals surface area contributed by atoms with E-state index in [9.17, 15) is 19.7 Å². The van der Waals surface area contributed by atoms with E-state index in [0.29, 0.717) is 16.4 Å². The number of hydrazone groups is 1. The standard InChI is InChI=1S/C18H17ClN4O4/c1-11(9-17(24)20-16-8-4-7-15(19)12(16)2)21-22-18(25)13-5-3-6-14(10-13)23(26)27/h3-8,10H,9H2,1-2H3,(H,20,24)(H,22,25). The van der Waals surface area contributed by atoms with Crippen LogP contribution in [0.3, 0.4) is 0 Å². The monoisotopic (exact) mass is 388 g/mol.